The Kier molecular flexibility index (Phi) is 5.35. The summed E-state index contributed by atoms with van der Waals surface area (Å²) < 4.78 is 24.4. The molecular formula is C15H20FNO3. The van der Waals surface area contributed by atoms with E-state index in [0.29, 0.717) is 19.6 Å². The summed E-state index contributed by atoms with van der Waals surface area (Å²) in [6, 6.07) is 6.27. The zero-order chi connectivity index (χ0) is 14.4. The monoisotopic (exact) mass is 281 g/mol. The van der Waals surface area contributed by atoms with Gasteiger partial charge in [0.1, 0.15) is 12.2 Å². The third-order valence-corrected chi connectivity index (χ3v) is 3.31. The lowest BCUT2D eigenvalue weighted by molar-refractivity contribution is -0.130. The number of carbonyl (C=O) groups excluding carboxylic acids is 1. The van der Waals surface area contributed by atoms with Crippen LogP contribution in [-0.2, 0) is 9.53 Å². The first-order valence-corrected chi connectivity index (χ1v) is 7.01. The predicted molar refractivity (Wildman–Crippen MR) is 73.1 cm³/mol. The van der Waals surface area contributed by atoms with Crippen molar-refractivity contribution in [1.29, 1.82) is 0 Å². The lowest BCUT2D eigenvalue weighted by Gasteiger charge is -2.19. The number of hydrogen-bond acceptors (Lipinski definition) is 3. The molecule has 0 saturated carbocycles. The van der Waals surface area contributed by atoms with Gasteiger partial charge in [0.2, 0.25) is 5.91 Å². The van der Waals surface area contributed by atoms with E-state index in [-0.39, 0.29) is 23.9 Å². The lowest BCUT2D eigenvalue weighted by atomic mass is 10.2. The summed E-state index contributed by atoms with van der Waals surface area (Å²) in [4.78, 5) is 11.8. The van der Waals surface area contributed by atoms with Crippen molar-refractivity contribution in [3.05, 3.63) is 30.1 Å². The summed E-state index contributed by atoms with van der Waals surface area (Å²) in [5.74, 6) is -0.291. The van der Waals surface area contributed by atoms with Crippen molar-refractivity contribution in [2.75, 3.05) is 13.2 Å². The maximum atomic E-state index is 13.5. The van der Waals surface area contributed by atoms with E-state index in [4.69, 9.17) is 9.47 Å². The second-order valence-electron chi connectivity index (χ2n) is 4.83. The Balaban J connectivity index is 1.83. The number of hydrogen-bond donors (Lipinski definition) is 1. The largest absolute Gasteiger partial charge is 0.486 e. The topological polar surface area (TPSA) is 47.6 Å². The quantitative estimate of drug-likeness (QED) is 0.870. The summed E-state index contributed by atoms with van der Waals surface area (Å²) in [5.41, 5.74) is 0. The number of amides is 1. The molecule has 4 nitrogen and oxygen atoms in total. The molecule has 0 spiro atoms. The van der Waals surface area contributed by atoms with E-state index in [1.807, 2.05) is 6.92 Å². The van der Waals surface area contributed by atoms with E-state index in [2.05, 4.69) is 5.32 Å². The average Bonchev–Trinajstić information content (AvgIpc) is 2.99. The molecule has 1 aromatic rings. The van der Waals surface area contributed by atoms with E-state index >= 15 is 0 Å². The molecule has 2 unspecified atom stereocenters. The van der Waals surface area contributed by atoms with Crippen LogP contribution < -0.4 is 10.1 Å². The van der Waals surface area contributed by atoms with Crippen LogP contribution in [0.25, 0.3) is 0 Å². The molecular weight excluding hydrogens is 261 g/mol. The Bertz CT molecular complexity index is 446. The molecule has 1 aromatic carbocycles. The van der Waals surface area contributed by atoms with Gasteiger partial charge >= 0.3 is 0 Å². The van der Waals surface area contributed by atoms with E-state index in [1.165, 1.54) is 6.07 Å². The molecule has 2 atom stereocenters. The van der Waals surface area contributed by atoms with Crippen LogP contribution in [0.1, 0.15) is 26.2 Å². The summed E-state index contributed by atoms with van der Waals surface area (Å²) in [7, 11) is 0. The lowest BCUT2D eigenvalue weighted by Crippen LogP contribution is -2.40. The number of rotatable bonds is 6. The number of para-hydroxylation sites is 1. The highest BCUT2D eigenvalue weighted by atomic mass is 19.1. The molecule has 0 bridgehead atoms. The van der Waals surface area contributed by atoms with E-state index in [1.54, 1.807) is 18.2 Å². The molecule has 1 heterocycles. The maximum Gasteiger partial charge on any atom is 0.249 e. The highest BCUT2D eigenvalue weighted by Crippen LogP contribution is 2.18. The third-order valence-electron chi connectivity index (χ3n) is 3.31. The van der Waals surface area contributed by atoms with Gasteiger partial charge in [-0.15, -0.1) is 0 Å². The smallest absolute Gasteiger partial charge is 0.249 e. The van der Waals surface area contributed by atoms with Gasteiger partial charge in [-0.05, 0) is 31.4 Å². The van der Waals surface area contributed by atoms with Crippen LogP contribution in [0.5, 0.6) is 5.75 Å². The Morgan fingerprint density at radius 3 is 3.00 bits per heavy atom. The van der Waals surface area contributed by atoms with Crippen LogP contribution in [0.15, 0.2) is 24.3 Å². The Labute approximate surface area is 118 Å². The minimum Gasteiger partial charge on any atom is -0.486 e. The molecule has 5 heteroatoms. The molecule has 20 heavy (non-hydrogen) atoms. The third kappa shape index (κ3) is 3.93. The molecule has 1 fully saturated rings. The van der Waals surface area contributed by atoms with Crippen LogP contribution in [0, 0.1) is 5.82 Å². The molecule has 110 valence electrons. The van der Waals surface area contributed by atoms with Crippen molar-refractivity contribution in [3.8, 4) is 5.75 Å². The molecule has 2 rings (SSSR count). The van der Waals surface area contributed by atoms with E-state index in [9.17, 15) is 9.18 Å². The summed E-state index contributed by atoms with van der Waals surface area (Å²) in [5, 5.41) is 2.80. The van der Waals surface area contributed by atoms with Crippen LogP contribution in [-0.4, -0.2) is 31.3 Å². The first kappa shape index (κ1) is 14.8. The fourth-order valence-electron chi connectivity index (χ4n) is 2.10. The number of carbonyl (C=O) groups is 1. The van der Waals surface area contributed by atoms with Gasteiger partial charge in [-0.1, -0.05) is 19.1 Å². The van der Waals surface area contributed by atoms with Crippen LogP contribution in [0.4, 0.5) is 4.39 Å². The minimum atomic E-state index is -0.392. The SMILES string of the molecule is CCC(CNC(=O)C1CCCO1)Oc1ccccc1F. The van der Waals surface area contributed by atoms with E-state index < -0.39 is 5.82 Å². The summed E-state index contributed by atoms with van der Waals surface area (Å²) in [6.07, 6.45) is 1.76. The summed E-state index contributed by atoms with van der Waals surface area (Å²) in [6.45, 7) is 2.92. The molecule has 0 aromatic heterocycles. The Hall–Kier alpha value is -1.62. The van der Waals surface area contributed by atoms with Gasteiger partial charge in [0.15, 0.2) is 11.6 Å². The van der Waals surface area contributed by atoms with Gasteiger partial charge in [0, 0.05) is 6.61 Å². The van der Waals surface area contributed by atoms with Crippen molar-refractivity contribution in [2.45, 2.75) is 38.4 Å². The first-order valence-electron chi connectivity index (χ1n) is 7.01. The maximum absolute atomic E-state index is 13.5. The zero-order valence-electron chi connectivity index (χ0n) is 11.6. The van der Waals surface area contributed by atoms with Crippen LogP contribution >= 0.6 is 0 Å². The Morgan fingerprint density at radius 2 is 2.35 bits per heavy atom. The van der Waals surface area contributed by atoms with E-state index in [0.717, 1.165) is 12.8 Å². The number of benzene rings is 1. The van der Waals surface area contributed by atoms with Gasteiger partial charge in [0.25, 0.3) is 0 Å². The molecule has 1 aliphatic heterocycles. The van der Waals surface area contributed by atoms with Gasteiger partial charge < -0.3 is 14.8 Å². The van der Waals surface area contributed by atoms with Crippen molar-refractivity contribution in [3.63, 3.8) is 0 Å². The summed E-state index contributed by atoms with van der Waals surface area (Å²) >= 11 is 0. The highest BCUT2D eigenvalue weighted by Gasteiger charge is 2.24. The number of halogens is 1. The molecule has 1 N–H and O–H groups in total. The molecule has 1 saturated heterocycles. The van der Waals surface area contributed by atoms with Crippen molar-refractivity contribution in [2.24, 2.45) is 0 Å². The molecule has 0 radical (unpaired) electrons. The molecule has 1 amide bonds. The number of nitrogens with one attached hydrogen (secondary N) is 1. The van der Waals surface area contributed by atoms with Crippen molar-refractivity contribution >= 4 is 5.91 Å². The van der Waals surface area contributed by atoms with Gasteiger partial charge in [-0.3, -0.25) is 4.79 Å². The Morgan fingerprint density at radius 1 is 1.55 bits per heavy atom. The van der Waals surface area contributed by atoms with Crippen molar-refractivity contribution < 1.29 is 18.7 Å². The molecule has 0 aliphatic carbocycles. The number of ether oxygens (including phenoxy) is 2. The fourth-order valence-corrected chi connectivity index (χ4v) is 2.10. The fraction of sp³-hybridized carbons (Fsp3) is 0.533. The average molecular weight is 281 g/mol. The zero-order valence-corrected chi connectivity index (χ0v) is 11.6. The van der Waals surface area contributed by atoms with Crippen molar-refractivity contribution in [1.82, 2.24) is 5.32 Å². The van der Waals surface area contributed by atoms with Gasteiger partial charge in [-0.25, -0.2) is 4.39 Å². The standard InChI is InChI=1S/C15H20FNO3/c1-2-11(20-13-7-4-3-6-12(13)16)10-17-15(18)14-8-5-9-19-14/h3-4,6-7,11,14H,2,5,8-10H2,1H3,(H,17,18). The highest BCUT2D eigenvalue weighted by molar-refractivity contribution is 5.80. The normalized spacial score (nSPS) is 19.6. The van der Waals surface area contributed by atoms with Gasteiger partial charge in [0.05, 0.1) is 6.54 Å². The molecule has 1 aliphatic rings. The second-order valence-corrected chi connectivity index (χ2v) is 4.83. The predicted octanol–water partition coefficient (Wildman–Crippen LogP) is 2.28. The van der Waals surface area contributed by atoms with Gasteiger partial charge in [-0.2, -0.15) is 0 Å². The van der Waals surface area contributed by atoms with Crippen LogP contribution in [0.2, 0.25) is 0 Å². The van der Waals surface area contributed by atoms with Crippen LogP contribution in [0.3, 0.4) is 0 Å². The minimum absolute atomic E-state index is 0.113. The second kappa shape index (κ2) is 7.24. The first-order chi connectivity index (χ1) is 9.70.